The summed E-state index contributed by atoms with van der Waals surface area (Å²) in [6.07, 6.45) is 12.5. The molecule has 0 aliphatic rings. The fourth-order valence-corrected chi connectivity index (χ4v) is 10.7. The second kappa shape index (κ2) is 20.1. The van der Waals surface area contributed by atoms with Crippen molar-refractivity contribution in [3.05, 3.63) is 252 Å². The summed E-state index contributed by atoms with van der Waals surface area (Å²) in [6.45, 7) is 7.24. The number of aryl methyl sites for hydroxylation is 4. The van der Waals surface area contributed by atoms with Gasteiger partial charge in [0.25, 0.3) is 0 Å². The lowest BCUT2D eigenvalue weighted by Crippen LogP contribution is -2.18. The molecule has 0 radical (unpaired) electrons. The monoisotopic (exact) mass is 1070 g/mol. The first-order valence-corrected chi connectivity index (χ1v) is 25.1. The van der Waals surface area contributed by atoms with Crippen LogP contribution in [0.15, 0.2) is 183 Å². The Balaban J connectivity index is 1.34. The van der Waals surface area contributed by atoms with E-state index in [1.807, 2.05) is 52.0 Å². The van der Waals surface area contributed by atoms with Crippen LogP contribution in [0.4, 0.5) is 103 Å². The quantitative estimate of drug-likeness (QED) is 0.0886. The molecule has 0 aliphatic carbocycles. The highest BCUT2D eigenvalue weighted by Gasteiger charge is 2.31. The number of hydrogen-bond acceptors (Lipinski definition) is 8. The van der Waals surface area contributed by atoms with Crippen LogP contribution in [0.5, 0.6) is 0 Å². The van der Waals surface area contributed by atoms with Crippen LogP contribution in [-0.4, -0.2) is 19.9 Å². The number of anilines is 12. The van der Waals surface area contributed by atoms with Crippen LogP contribution in [0.25, 0.3) is 32.3 Å². The summed E-state index contributed by atoms with van der Waals surface area (Å²) in [5, 5.41) is 2.79. The summed E-state index contributed by atoms with van der Waals surface area (Å²) >= 11 is 0. The zero-order valence-corrected chi connectivity index (χ0v) is 42.9. The van der Waals surface area contributed by atoms with Crippen molar-refractivity contribution in [2.75, 3.05) is 19.6 Å². The molecule has 4 heterocycles. The summed E-state index contributed by atoms with van der Waals surface area (Å²) in [7, 11) is 0. The lowest BCUT2D eigenvalue weighted by atomic mass is 9.89. The van der Waals surface area contributed by atoms with Crippen LogP contribution in [0.3, 0.4) is 0 Å². The minimum Gasteiger partial charge on any atom is -0.308 e. The van der Waals surface area contributed by atoms with Gasteiger partial charge in [-0.3, -0.25) is 19.9 Å². The molecular weight excluding hydrogens is 1030 g/mol. The highest BCUT2D eigenvalue weighted by Crippen LogP contribution is 2.56. The van der Waals surface area contributed by atoms with Crippen LogP contribution >= 0.6 is 0 Å². The van der Waals surface area contributed by atoms with Gasteiger partial charge in [0.15, 0.2) is 0 Å². The van der Waals surface area contributed by atoms with Gasteiger partial charge in [0, 0.05) is 81.4 Å². The average molecular weight is 1080 g/mol. The molecule has 0 bridgehead atoms. The Morgan fingerprint density at radius 1 is 0.250 bits per heavy atom. The van der Waals surface area contributed by atoms with E-state index in [0.29, 0.717) is 100 Å². The van der Waals surface area contributed by atoms with E-state index < -0.39 is 46.5 Å². The maximum atomic E-state index is 15.8. The van der Waals surface area contributed by atoms with Gasteiger partial charge in [-0.05, 0) is 135 Å². The van der Waals surface area contributed by atoms with E-state index in [0.717, 1.165) is 24.3 Å². The molecule has 16 heteroatoms. The number of nitrogens with zero attached hydrogens (tertiary/aromatic N) is 8. The maximum Gasteiger partial charge on any atom is 0.128 e. The highest BCUT2D eigenvalue weighted by molar-refractivity contribution is 6.33. The van der Waals surface area contributed by atoms with Gasteiger partial charge in [0.05, 0.1) is 93.0 Å². The lowest BCUT2D eigenvalue weighted by Gasteiger charge is -2.35. The molecule has 4 aromatic heterocycles. The Kier molecular flexibility index (Phi) is 12.8. The minimum absolute atomic E-state index is 0.0413. The van der Waals surface area contributed by atoms with E-state index in [1.165, 1.54) is 48.5 Å². The van der Waals surface area contributed by atoms with Gasteiger partial charge >= 0.3 is 0 Å². The third-order valence-electron chi connectivity index (χ3n) is 14.2. The number of benzene rings is 8. The molecule has 0 amide bonds. The Bertz CT molecular complexity index is 3790. The van der Waals surface area contributed by atoms with Gasteiger partial charge in [-0.25, -0.2) is 35.1 Å². The van der Waals surface area contributed by atoms with E-state index in [1.54, 1.807) is 106 Å². The summed E-state index contributed by atoms with van der Waals surface area (Å²) in [5.41, 5.74) is 5.55. The highest BCUT2D eigenvalue weighted by atomic mass is 19.2. The number of hydrogen-bond donors (Lipinski definition) is 0. The fraction of sp³-hybridized carbons (Fsp3) is 0.0625. The Labute approximate surface area is 453 Å². The van der Waals surface area contributed by atoms with E-state index in [9.17, 15) is 0 Å². The van der Waals surface area contributed by atoms with Gasteiger partial charge in [-0.2, -0.15) is 0 Å². The van der Waals surface area contributed by atoms with Crippen molar-refractivity contribution in [3.8, 4) is 0 Å². The minimum atomic E-state index is -0.888. The van der Waals surface area contributed by atoms with Crippen molar-refractivity contribution >= 4 is 101 Å². The van der Waals surface area contributed by atoms with Crippen LogP contribution in [0, 0.1) is 74.2 Å². The normalized spacial score (nSPS) is 11.5. The maximum absolute atomic E-state index is 15.8. The topological polar surface area (TPSA) is 64.5 Å². The van der Waals surface area contributed by atoms with Crippen molar-refractivity contribution in [3.63, 3.8) is 0 Å². The van der Waals surface area contributed by atoms with Crippen molar-refractivity contribution in [2.24, 2.45) is 0 Å². The second-order valence-corrected chi connectivity index (χ2v) is 19.4. The Morgan fingerprint density at radius 3 is 0.637 bits per heavy atom. The van der Waals surface area contributed by atoms with E-state index >= 15 is 35.1 Å². The zero-order valence-electron chi connectivity index (χ0n) is 42.9. The fourth-order valence-electron chi connectivity index (χ4n) is 10.7. The smallest absolute Gasteiger partial charge is 0.128 e. The van der Waals surface area contributed by atoms with Crippen molar-refractivity contribution in [1.82, 2.24) is 19.9 Å². The van der Waals surface area contributed by atoms with E-state index in [2.05, 4.69) is 19.9 Å². The summed E-state index contributed by atoms with van der Waals surface area (Å²) < 4.78 is 126. The molecule has 8 nitrogen and oxygen atoms in total. The summed E-state index contributed by atoms with van der Waals surface area (Å²) in [4.78, 5) is 24.4. The van der Waals surface area contributed by atoms with Crippen molar-refractivity contribution < 1.29 is 35.1 Å². The Morgan fingerprint density at radius 2 is 0.450 bits per heavy atom. The molecular formula is C64H42F8N8. The van der Waals surface area contributed by atoms with E-state index in [-0.39, 0.29) is 22.7 Å². The first kappa shape index (κ1) is 50.8. The molecule has 0 saturated carbocycles. The number of pyridine rings is 4. The molecule has 0 fully saturated rings. The largest absolute Gasteiger partial charge is 0.308 e. The molecule has 0 atom stereocenters. The molecule has 394 valence electrons. The first-order valence-electron chi connectivity index (χ1n) is 25.1. The lowest BCUT2D eigenvalue weighted by molar-refractivity contribution is 0.583. The van der Waals surface area contributed by atoms with Gasteiger partial charge in [0.1, 0.15) is 46.5 Å². The number of rotatable bonds is 12. The molecule has 0 N–H and O–H groups in total. The van der Waals surface area contributed by atoms with E-state index in [4.69, 9.17) is 0 Å². The van der Waals surface area contributed by atoms with Crippen LogP contribution in [-0.2, 0) is 0 Å². The van der Waals surface area contributed by atoms with Gasteiger partial charge in [-0.1, -0.05) is 24.3 Å². The third kappa shape index (κ3) is 9.03. The SMILES string of the molecule is Cc1ccncc1N(c1cc(F)cc(F)c1)c1cc(N(c2cc(F)cc(F)c2)c2cnccc2C)c2ccc3c(N(c4cc(F)cc(F)c4)c4cnccc4C)cc(N(c4cc(F)cc(F)c4)c4cnccc4C)c4ccc1c2c43. The molecule has 0 spiro atoms. The third-order valence-corrected chi connectivity index (χ3v) is 14.2. The van der Waals surface area contributed by atoms with Gasteiger partial charge < -0.3 is 19.6 Å². The van der Waals surface area contributed by atoms with Crippen LogP contribution in [0.2, 0.25) is 0 Å². The molecule has 12 aromatic rings. The molecule has 12 rings (SSSR count). The van der Waals surface area contributed by atoms with Crippen LogP contribution in [0.1, 0.15) is 22.3 Å². The summed E-state index contributed by atoms with van der Waals surface area (Å²) in [6, 6.07) is 30.1. The van der Waals surface area contributed by atoms with Gasteiger partial charge in [-0.15, -0.1) is 0 Å². The molecule has 0 saturated heterocycles. The summed E-state index contributed by atoms with van der Waals surface area (Å²) in [5.74, 6) is -7.11. The second-order valence-electron chi connectivity index (χ2n) is 19.4. The van der Waals surface area contributed by atoms with Crippen LogP contribution < -0.4 is 19.6 Å². The molecule has 0 aliphatic heterocycles. The standard InChI is InChI=1S/C64H42F8N8/c1-35-9-13-73-31-59(35)77(47-21-39(65)17-40(66)22-47)55-29-56(78(60-32-74-14-10-36(60)2)48-23-41(67)18-42(68)24-48)52-7-8-54-58(80(62-34-76-16-12-38(62)4)50-27-45(71)20-46(72)28-50)30-57(53-6-5-51(55)63(52)64(53)54)79(61-33-75-15-11-37(61)3)49-25-43(69)19-44(70)26-49/h5-34H,1-4H3. The molecule has 80 heavy (non-hydrogen) atoms. The predicted molar refractivity (Wildman–Crippen MR) is 299 cm³/mol. The van der Waals surface area contributed by atoms with Crippen molar-refractivity contribution in [1.29, 1.82) is 0 Å². The molecule has 0 unspecified atom stereocenters. The average Bonchev–Trinajstić information content (AvgIpc) is 3.56. The molecule has 8 aromatic carbocycles. The first-order chi connectivity index (χ1) is 38.6. The van der Waals surface area contributed by atoms with Crippen molar-refractivity contribution in [2.45, 2.75) is 27.7 Å². The number of aromatic nitrogens is 4. The van der Waals surface area contributed by atoms with Gasteiger partial charge in [0.2, 0.25) is 0 Å². The predicted octanol–water partition coefficient (Wildman–Crippen LogP) is 18.4. The number of halogens is 8. The Hall–Kier alpha value is -9.96. The zero-order chi connectivity index (χ0) is 55.7.